The van der Waals surface area contributed by atoms with E-state index < -0.39 is 0 Å². The van der Waals surface area contributed by atoms with Crippen LogP contribution in [-0.4, -0.2) is 22.4 Å². The quantitative estimate of drug-likeness (QED) is 0.749. The van der Waals surface area contributed by atoms with Crippen molar-refractivity contribution >= 4 is 11.7 Å². The molecule has 0 aromatic carbocycles. The lowest BCUT2D eigenvalue weighted by Crippen LogP contribution is -2.21. The number of rotatable bonds is 5. The van der Waals surface area contributed by atoms with Crippen LogP contribution in [0.2, 0.25) is 0 Å². The number of nitrogens with two attached hydrogens (primary N) is 1. The summed E-state index contributed by atoms with van der Waals surface area (Å²) in [6.07, 6.45) is 6.28. The number of carbonyl (C=O) groups is 1. The van der Waals surface area contributed by atoms with Gasteiger partial charge >= 0.3 is 0 Å². The first-order valence-corrected chi connectivity index (χ1v) is 5.01. The van der Waals surface area contributed by atoms with Crippen LogP contribution in [-0.2, 0) is 4.79 Å². The highest BCUT2D eigenvalue weighted by Gasteiger charge is 2.12. The van der Waals surface area contributed by atoms with Gasteiger partial charge < -0.3 is 11.1 Å². The molecule has 3 N–H and O–H groups in total. The zero-order valence-corrected chi connectivity index (χ0v) is 8.81. The first-order valence-electron chi connectivity index (χ1n) is 5.01. The van der Waals surface area contributed by atoms with E-state index in [4.69, 9.17) is 5.73 Å². The Morgan fingerprint density at radius 1 is 1.60 bits per heavy atom. The fraction of sp³-hybridized carbons (Fsp3) is 0.500. The lowest BCUT2D eigenvalue weighted by Gasteiger charge is -2.10. The fourth-order valence-electron chi connectivity index (χ4n) is 1.17. The zero-order valence-electron chi connectivity index (χ0n) is 8.81. The van der Waals surface area contributed by atoms with Crippen molar-refractivity contribution in [2.24, 2.45) is 11.7 Å². The van der Waals surface area contributed by atoms with Gasteiger partial charge in [0.2, 0.25) is 5.91 Å². The number of nitrogens with zero attached hydrogens (tertiary/aromatic N) is 2. The molecule has 1 aromatic heterocycles. The maximum absolute atomic E-state index is 11.6. The summed E-state index contributed by atoms with van der Waals surface area (Å²) in [4.78, 5) is 19.4. The first kappa shape index (κ1) is 11.6. The van der Waals surface area contributed by atoms with E-state index in [1.807, 2.05) is 6.92 Å². The van der Waals surface area contributed by atoms with Gasteiger partial charge in [0.15, 0.2) is 5.82 Å². The maximum Gasteiger partial charge on any atom is 0.228 e. The summed E-state index contributed by atoms with van der Waals surface area (Å²) >= 11 is 0. The monoisotopic (exact) mass is 208 g/mol. The van der Waals surface area contributed by atoms with Crippen molar-refractivity contribution < 1.29 is 4.79 Å². The first-order chi connectivity index (χ1) is 7.24. The third-order valence-corrected chi connectivity index (χ3v) is 2.10. The highest BCUT2D eigenvalue weighted by atomic mass is 16.1. The SMILES string of the molecule is CC(CCCN)C(=O)Nc1cnccn1. The van der Waals surface area contributed by atoms with E-state index in [1.165, 1.54) is 6.20 Å². The Labute approximate surface area is 89.1 Å². The van der Waals surface area contributed by atoms with Crippen molar-refractivity contribution in [1.82, 2.24) is 9.97 Å². The summed E-state index contributed by atoms with van der Waals surface area (Å²) in [5.74, 6) is 0.404. The van der Waals surface area contributed by atoms with Crippen LogP contribution in [0.15, 0.2) is 18.6 Å². The minimum absolute atomic E-state index is 0.0380. The van der Waals surface area contributed by atoms with E-state index in [2.05, 4.69) is 15.3 Å². The summed E-state index contributed by atoms with van der Waals surface area (Å²) in [6.45, 7) is 2.49. The van der Waals surface area contributed by atoms with Gasteiger partial charge in [-0.25, -0.2) is 4.98 Å². The number of carbonyl (C=O) groups excluding carboxylic acids is 1. The molecule has 0 aliphatic heterocycles. The summed E-state index contributed by atoms with van der Waals surface area (Å²) in [6, 6.07) is 0. The molecule has 0 bridgehead atoms. The van der Waals surface area contributed by atoms with Gasteiger partial charge in [-0.2, -0.15) is 0 Å². The second kappa shape index (κ2) is 6.08. The normalized spacial score (nSPS) is 12.1. The molecule has 0 saturated heterocycles. The predicted octanol–water partition coefficient (Wildman–Crippen LogP) is 0.790. The molecule has 0 aliphatic rings. The number of hydrogen-bond donors (Lipinski definition) is 2. The molecule has 0 radical (unpaired) electrons. The van der Waals surface area contributed by atoms with E-state index in [9.17, 15) is 4.79 Å². The van der Waals surface area contributed by atoms with E-state index in [-0.39, 0.29) is 11.8 Å². The molecule has 0 fully saturated rings. The average Bonchev–Trinajstić information content (AvgIpc) is 2.27. The molecule has 1 unspecified atom stereocenters. The van der Waals surface area contributed by atoms with Crippen molar-refractivity contribution in [3.8, 4) is 0 Å². The van der Waals surface area contributed by atoms with Crippen molar-refractivity contribution in [3.63, 3.8) is 0 Å². The molecule has 82 valence electrons. The Hall–Kier alpha value is -1.49. The van der Waals surface area contributed by atoms with Crippen LogP contribution in [0.5, 0.6) is 0 Å². The number of aromatic nitrogens is 2. The van der Waals surface area contributed by atoms with Gasteiger partial charge in [0, 0.05) is 18.3 Å². The molecule has 1 atom stereocenters. The van der Waals surface area contributed by atoms with Crippen molar-refractivity contribution in [3.05, 3.63) is 18.6 Å². The van der Waals surface area contributed by atoms with Gasteiger partial charge in [-0.3, -0.25) is 9.78 Å². The number of anilines is 1. The summed E-state index contributed by atoms with van der Waals surface area (Å²) in [7, 11) is 0. The minimum Gasteiger partial charge on any atom is -0.330 e. The molecule has 5 nitrogen and oxygen atoms in total. The number of nitrogens with one attached hydrogen (secondary N) is 1. The highest BCUT2D eigenvalue weighted by Crippen LogP contribution is 2.08. The molecule has 1 heterocycles. The van der Waals surface area contributed by atoms with Crippen LogP contribution >= 0.6 is 0 Å². The molecule has 15 heavy (non-hydrogen) atoms. The van der Waals surface area contributed by atoms with Gasteiger partial charge in [0.25, 0.3) is 0 Å². The zero-order chi connectivity index (χ0) is 11.1. The van der Waals surface area contributed by atoms with Crippen LogP contribution in [0.25, 0.3) is 0 Å². The Morgan fingerprint density at radius 3 is 3.00 bits per heavy atom. The lowest BCUT2D eigenvalue weighted by atomic mass is 10.1. The van der Waals surface area contributed by atoms with E-state index in [0.29, 0.717) is 12.4 Å². The van der Waals surface area contributed by atoms with Crippen LogP contribution < -0.4 is 11.1 Å². The standard InChI is InChI=1S/C10H16N4O/c1-8(3-2-4-11)10(15)14-9-7-12-5-6-13-9/h5-8H,2-4,11H2,1H3,(H,13,14,15). The Kier molecular flexibility index (Phi) is 4.70. The third-order valence-electron chi connectivity index (χ3n) is 2.10. The van der Waals surface area contributed by atoms with Crippen LogP contribution in [0.4, 0.5) is 5.82 Å². The van der Waals surface area contributed by atoms with Gasteiger partial charge in [-0.05, 0) is 19.4 Å². The lowest BCUT2D eigenvalue weighted by molar-refractivity contribution is -0.119. The van der Waals surface area contributed by atoms with Crippen molar-refractivity contribution in [1.29, 1.82) is 0 Å². The van der Waals surface area contributed by atoms with E-state index >= 15 is 0 Å². The molecule has 0 saturated carbocycles. The topological polar surface area (TPSA) is 80.9 Å². The van der Waals surface area contributed by atoms with Crippen LogP contribution in [0, 0.1) is 5.92 Å². The van der Waals surface area contributed by atoms with Gasteiger partial charge in [0.1, 0.15) is 0 Å². The van der Waals surface area contributed by atoms with E-state index in [1.54, 1.807) is 12.4 Å². The smallest absolute Gasteiger partial charge is 0.228 e. The van der Waals surface area contributed by atoms with Gasteiger partial charge in [-0.15, -0.1) is 0 Å². The van der Waals surface area contributed by atoms with E-state index in [0.717, 1.165) is 12.8 Å². The maximum atomic E-state index is 11.6. The Morgan fingerprint density at radius 2 is 2.40 bits per heavy atom. The fourth-order valence-corrected chi connectivity index (χ4v) is 1.17. The summed E-state index contributed by atoms with van der Waals surface area (Å²) in [5.41, 5.74) is 5.38. The average molecular weight is 208 g/mol. The number of amides is 1. The molecule has 1 amide bonds. The van der Waals surface area contributed by atoms with Crippen LogP contribution in [0.3, 0.4) is 0 Å². The van der Waals surface area contributed by atoms with Gasteiger partial charge in [-0.1, -0.05) is 6.92 Å². The largest absolute Gasteiger partial charge is 0.330 e. The van der Waals surface area contributed by atoms with Crippen molar-refractivity contribution in [2.75, 3.05) is 11.9 Å². The molecular formula is C10H16N4O. The van der Waals surface area contributed by atoms with Crippen molar-refractivity contribution in [2.45, 2.75) is 19.8 Å². The summed E-state index contributed by atoms with van der Waals surface area (Å²) in [5, 5.41) is 2.70. The predicted molar refractivity (Wildman–Crippen MR) is 58.1 cm³/mol. The third kappa shape index (κ3) is 4.03. The molecule has 5 heteroatoms. The Balaban J connectivity index is 2.42. The second-order valence-corrected chi connectivity index (χ2v) is 3.41. The minimum atomic E-state index is -0.0458. The second-order valence-electron chi connectivity index (χ2n) is 3.41. The highest BCUT2D eigenvalue weighted by molar-refractivity contribution is 5.91. The van der Waals surface area contributed by atoms with Crippen LogP contribution in [0.1, 0.15) is 19.8 Å². The molecule has 0 aliphatic carbocycles. The molecular weight excluding hydrogens is 192 g/mol. The van der Waals surface area contributed by atoms with Gasteiger partial charge in [0.05, 0.1) is 6.20 Å². The molecule has 1 rings (SSSR count). The Bertz CT molecular complexity index is 302. The molecule has 0 spiro atoms. The molecule has 1 aromatic rings. The number of hydrogen-bond acceptors (Lipinski definition) is 4. The summed E-state index contributed by atoms with van der Waals surface area (Å²) < 4.78 is 0.